The lowest BCUT2D eigenvalue weighted by atomic mass is 10.0. The van der Waals surface area contributed by atoms with Gasteiger partial charge in [0.25, 0.3) is 0 Å². The van der Waals surface area contributed by atoms with Crippen molar-refractivity contribution in [3.8, 4) is 0 Å². The smallest absolute Gasteiger partial charge is 0.113 e. The van der Waals surface area contributed by atoms with Gasteiger partial charge in [-0.1, -0.05) is 6.42 Å². The molecule has 2 atom stereocenters. The third-order valence-electron chi connectivity index (χ3n) is 3.34. The van der Waals surface area contributed by atoms with Crippen LogP contribution in [0, 0.1) is 0 Å². The van der Waals surface area contributed by atoms with Gasteiger partial charge in [0.2, 0.25) is 0 Å². The Labute approximate surface area is 85.9 Å². The Morgan fingerprint density at radius 2 is 2.14 bits per heavy atom. The van der Waals surface area contributed by atoms with Gasteiger partial charge in [-0.25, -0.2) is 4.39 Å². The summed E-state index contributed by atoms with van der Waals surface area (Å²) in [5.74, 6) is 0. The van der Waals surface area contributed by atoms with E-state index in [0.717, 1.165) is 32.5 Å². The van der Waals surface area contributed by atoms with Gasteiger partial charge < -0.3 is 5.32 Å². The van der Waals surface area contributed by atoms with Crippen molar-refractivity contribution < 1.29 is 4.39 Å². The minimum absolute atomic E-state index is 0.577. The van der Waals surface area contributed by atoms with E-state index in [1.54, 1.807) is 0 Å². The van der Waals surface area contributed by atoms with E-state index in [-0.39, 0.29) is 0 Å². The molecule has 0 amide bonds. The number of hydrogen-bond donors (Lipinski definition) is 1. The third kappa shape index (κ3) is 2.92. The minimum Gasteiger partial charge on any atom is -0.313 e. The summed E-state index contributed by atoms with van der Waals surface area (Å²) in [5.41, 5.74) is 0. The molecule has 0 aromatic rings. The zero-order valence-corrected chi connectivity index (χ0v) is 8.84. The fourth-order valence-corrected chi connectivity index (χ4v) is 2.56. The second-order valence-electron chi connectivity index (χ2n) is 4.65. The molecular weight excluding hydrogens is 179 g/mol. The van der Waals surface area contributed by atoms with Crippen LogP contribution in [0.5, 0.6) is 0 Å². The normalized spacial score (nSPS) is 35.8. The molecule has 0 aromatic heterocycles. The Morgan fingerprint density at radius 3 is 2.86 bits per heavy atom. The van der Waals surface area contributed by atoms with E-state index in [2.05, 4.69) is 10.2 Å². The topological polar surface area (TPSA) is 15.3 Å². The van der Waals surface area contributed by atoms with Crippen molar-refractivity contribution in [1.82, 2.24) is 10.2 Å². The molecule has 14 heavy (non-hydrogen) atoms. The first-order chi connectivity index (χ1) is 6.84. The molecule has 2 aliphatic rings. The van der Waals surface area contributed by atoms with E-state index in [1.807, 2.05) is 0 Å². The quantitative estimate of drug-likeness (QED) is 0.728. The van der Waals surface area contributed by atoms with Crippen molar-refractivity contribution in [2.75, 3.05) is 26.2 Å². The van der Waals surface area contributed by atoms with E-state index in [1.165, 1.54) is 19.3 Å². The van der Waals surface area contributed by atoms with Gasteiger partial charge in [0.05, 0.1) is 0 Å². The predicted molar refractivity (Wildman–Crippen MR) is 56.2 cm³/mol. The Kier molecular flexibility index (Phi) is 3.76. The molecule has 0 aromatic carbocycles. The van der Waals surface area contributed by atoms with E-state index in [9.17, 15) is 4.39 Å². The molecule has 2 rings (SSSR count). The number of likely N-dealkylation sites (tertiary alicyclic amines) is 1. The number of rotatable bonds is 2. The molecular formula is C11H21FN2. The monoisotopic (exact) mass is 200 g/mol. The predicted octanol–water partition coefficient (Wildman–Crippen LogP) is 1.56. The highest BCUT2D eigenvalue weighted by Crippen LogP contribution is 2.15. The molecule has 1 N–H and O–H groups in total. The molecule has 2 heterocycles. The SMILES string of the molecule is FC1CCCN(CC2CCCCN2)C1. The van der Waals surface area contributed by atoms with Gasteiger partial charge in [0.1, 0.15) is 6.17 Å². The third-order valence-corrected chi connectivity index (χ3v) is 3.34. The van der Waals surface area contributed by atoms with Crippen molar-refractivity contribution >= 4 is 0 Å². The average molecular weight is 200 g/mol. The zero-order chi connectivity index (χ0) is 9.80. The van der Waals surface area contributed by atoms with Crippen LogP contribution in [0.2, 0.25) is 0 Å². The molecule has 0 radical (unpaired) electrons. The second kappa shape index (κ2) is 5.08. The van der Waals surface area contributed by atoms with Crippen LogP contribution in [-0.2, 0) is 0 Å². The lowest BCUT2D eigenvalue weighted by Crippen LogP contribution is -2.47. The first-order valence-corrected chi connectivity index (χ1v) is 5.94. The first-order valence-electron chi connectivity index (χ1n) is 5.94. The maximum Gasteiger partial charge on any atom is 0.113 e. The summed E-state index contributed by atoms with van der Waals surface area (Å²) in [6.07, 6.45) is 5.15. The summed E-state index contributed by atoms with van der Waals surface area (Å²) < 4.78 is 13.1. The minimum atomic E-state index is -0.577. The second-order valence-corrected chi connectivity index (χ2v) is 4.65. The summed E-state index contributed by atoms with van der Waals surface area (Å²) in [5, 5.41) is 3.52. The molecule has 0 aliphatic carbocycles. The lowest BCUT2D eigenvalue weighted by Gasteiger charge is -2.33. The van der Waals surface area contributed by atoms with E-state index >= 15 is 0 Å². The molecule has 2 fully saturated rings. The highest BCUT2D eigenvalue weighted by atomic mass is 19.1. The number of nitrogens with zero attached hydrogens (tertiary/aromatic N) is 1. The van der Waals surface area contributed by atoms with Crippen LogP contribution in [0.3, 0.4) is 0 Å². The van der Waals surface area contributed by atoms with Gasteiger partial charge in [0, 0.05) is 19.1 Å². The number of alkyl halides is 1. The van der Waals surface area contributed by atoms with Crippen molar-refractivity contribution in [2.45, 2.75) is 44.3 Å². The van der Waals surface area contributed by atoms with E-state index in [4.69, 9.17) is 0 Å². The van der Waals surface area contributed by atoms with Crippen molar-refractivity contribution in [3.63, 3.8) is 0 Å². The van der Waals surface area contributed by atoms with Crippen molar-refractivity contribution in [1.29, 1.82) is 0 Å². The highest BCUT2D eigenvalue weighted by Gasteiger charge is 2.22. The largest absolute Gasteiger partial charge is 0.313 e. The average Bonchev–Trinajstić information content (AvgIpc) is 2.19. The summed E-state index contributed by atoms with van der Waals surface area (Å²) >= 11 is 0. The molecule has 0 saturated carbocycles. The highest BCUT2D eigenvalue weighted by molar-refractivity contribution is 4.79. The van der Waals surface area contributed by atoms with Gasteiger partial charge in [-0.3, -0.25) is 4.90 Å². The van der Waals surface area contributed by atoms with Crippen LogP contribution in [0.1, 0.15) is 32.1 Å². The Bertz CT molecular complexity index is 169. The number of hydrogen-bond acceptors (Lipinski definition) is 2. The van der Waals surface area contributed by atoms with Crippen LogP contribution in [-0.4, -0.2) is 43.3 Å². The number of halogens is 1. The van der Waals surface area contributed by atoms with Crippen LogP contribution >= 0.6 is 0 Å². The fourth-order valence-electron chi connectivity index (χ4n) is 2.56. The first kappa shape index (κ1) is 10.4. The Balaban J connectivity index is 1.72. The van der Waals surface area contributed by atoms with Crippen molar-refractivity contribution in [3.05, 3.63) is 0 Å². The molecule has 2 nitrogen and oxygen atoms in total. The van der Waals surface area contributed by atoms with Gasteiger partial charge >= 0.3 is 0 Å². The number of piperidine rings is 2. The van der Waals surface area contributed by atoms with Crippen LogP contribution in [0.4, 0.5) is 4.39 Å². The van der Waals surface area contributed by atoms with Gasteiger partial charge in [-0.2, -0.15) is 0 Å². The molecule has 0 spiro atoms. The standard InChI is InChI=1S/C11H21FN2/c12-10-4-3-7-14(8-10)9-11-5-1-2-6-13-11/h10-11,13H,1-9H2. The number of nitrogens with one attached hydrogen (secondary N) is 1. The van der Waals surface area contributed by atoms with Crippen LogP contribution in [0.25, 0.3) is 0 Å². The molecule has 2 saturated heterocycles. The van der Waals surface area contributed by atoms with Gasteiger partial charge in [-0.15, -0.1) is 0 Å². The molecule has 2 unspecified atom stereocenters. The summed E-state index contributed by atoms with van der Waals surface area (Å²) in [6, 6.07) is 0.619. The van der Waals surface area contributed by atoms with Gasteiger partial charge in [0.15, 0.2) is 0 Å². The molecule has 2 aliphatic heterocycles. The van der Waals surface area contributed by atoms with Crippen molar-refractivity contribution in [2.24, 2.45) is 0 Å². The van der Waals surface area contributed by atoms with E-state index in [0.29, 0.717) is 12.6 Å². The van der Waals surface area contributed by atoms with Crippen LogP contribution in [0.15, 0.2) is 0 Å². The molecule has 3 heteroatoms. The summed E-state index contributed by atoms with van der Waals surface area (Å²) in [6.45, 7) is 3.97. The zero-order valence-electron chi connectivity index (χ0n) is 8.84. The Morgan fingerprint density at radius 1 is 1.21 bits per heavy atom. The molecule has 0 bridgehead atoms. The maximum atomic E-state index is 13.1. The summed E-state index contributed by atoms with van der Waals surface area (Å²) in [7, 11) is 0. The lowest BCUT2D eigenvalue weighted by molar-refractivity contribution is 0.123. The van der Waals surface area contributed by atoms with Gasteiger partial charge in [-0.05, 0) is 38.8 Å². The van der Waals surface area contributed by atoms with Crippen LogP contribution < -0.4 is 5.32 Å². The van der Waals surface area contributed by atoms with E-state index < -0.39 is 6.17 Å². The Hall–Kier alpha value is -0.150. The molecule has 82 valence electrons. The summed E-state index contributed by atoms with van der Waals surface area (Å²) in [4.78, 5) is 2.29. The fraction of sp³-hybridized carbons (Fsp3) is 1.00. The maximum absolute atomic E-state index is 13.1.